The molecule has 1 heterocycles. The van der Waals surface area contributed by atoms with E-state index in [4.69, 9.17) is 4.98 Å². The van der Waals surface area contributed by atoms with E-state index >= 15 is 0 Å². The summed E-state index contributed by atoms with van der Waals surface area (Å²) < 4.78 is 0. The van der Waals surface area contributed by atoms with Crippen molar-refractivity contribution in [1.82, 2.24) is 4.98 Å². The Morgan fingerprint density at radius 2 is 1.41 bits per heavy atom. The fourth-order valence-corrected chi connectivity index (χ4v) is 3.35. The quantitative estimate of drug-likeness (QED) is 0.468. The van der Waals surface area contributed by atoms with Crippen LogP contribution in [0.1, 0.15) is 48.6 Å². The first-order chi connectivity index (χ1) is 10.2. The number of fused-ring (bicyclic) bond motifs is 2. The molecule has 0 spiro atoms. The third kappa shape index (κ3) is 2.20. The number of aromatic nitrogens is 1. The predicted octanol–water partition coefficient (Wildman–Crippen LogP) is 5.92. The van der Waals surface area contributed by atoms with E-state index in [2.05, 4.69) is 72.7 Å². The first-order valence-corrected chi connectivity index (χ1v) is 8.01. The molecule has 0 aliphatic heterocycles. The molecule has 0 aliphatic carbocycles. The molecule has 0 saturated carbocycles. The molecule has 0 aliphatic rings. The maximum atomic E-state index is 4.96. The Bertz CT molecular complexity index is 895. The van der Waals surface area contributed by atoms with Crippen LogP contribution in [-0.4, -0.2) is 4.98 Å². The van der Waals surface area contributed by atoms with Crippen molar-refractivity contribution >= 4 is 21.8 Å². The van der Waals surface area contributed by atoms with Gasteiger partial charge in [0.1, 0.15) is 0 Å². The van der Waals surface area contributed by atoms with Gasteiger partial charge in [0.15, 0.2) is 0 Å². The van der Waals surface area contributed by atoms with E-state index in [1.165, 1.54) is 38.6 Å². The summed E-state index contributed by atoms with van der Waals surface area (Å²) in [5, 5.41) is 2.64. The van der Waals surface area contributed by atoms with Gasteiger partial charge in [-0.2, -0.15) is 0 Å². The Hall–Kier alpha value is -1.89. The number of rotatable bonds is 0. The fraction of sp³-hybridized carbons (Fsp3) is 0.381. The number of nitrogens with zero attached hydrogens (tertiary/aromatic N) is 1. The van der Waals surface area contributed by atoms with Crippen molar-refractivity contribution in [2.24, 2.45) is 0 Å². The lowest BCUT2D eigenvalue weighted by molar-refractivity contribution is 0.600. The highest BCUT2D eigenvalue weighted by Gasteiger charge is 2.23. The zero-order valence-corrected chi connectivity index (χ0v) is 14.8. The van der Waals surface area contributed by atoms with Crippen LogP contribution < -0.4 is 0 Å². The molecule has 0 amide bonds. The lowest BCUT2D eigenvalue weighted by Gasteiger charge is -2.25. The summed E-state index contributed by atoms with van der Waals surface area (Å²) in [7, 11) is 0. The highest BCUT2D eigenvalue weighted by Crippen LogP contribution is 2.38. The maximum absolute atomic E-state index is 4.96. The van der Waals surface area contributed by atoms with E-state index in [1.807, 2.05) is 0 Å². The third-order valence-electron chi connectivity index (χ3n) is 4.84. The molecular weight excluding hydrogens is 266 g/mol. The fourth-order valence-electron chi connectivity index (χ4n) is 3.35. The van der Waals surface area contributed by atoms with E-state index in [0.717, 1.165) is 11.0 Å². The van der Waals surface area contributed by atoms with Crippen LogP contribution in [0.4, 0.5) is 0 Å². The summed E-state index contributed by atoms with van der Waals surface area (Å²) in [6, 6.07) is 8.90. The zero-order chi connectivity index (χ0) is 16.2. The number of hydrogen-bond acceptors (Lipinski definition) is 1. The molecule has 0 unspecified atom stereocenters. The van der Waals surface area contributed by atoms with Gasteiger partial charge in [0.2, 0.25) is 0 Å². The predicted molar refractivity (Wildman–Crippen MR) is 96.9 cm³/mol. The van der Waals surface area contributed by atoms with Crippen LogP contribution in [0.5, 0.6) is 0 Å². The Morgan fingerprint density at radius 1 is 0.773 bits per heavy atom. The monoisotopic (exact) mass is 291 g/mol. The molecule has 1 aromatic heterocycles. The molecule has 0 atom stereocenters. The van der Waals surface area contributed by atoms with E-state index < -0.39 is 0 Å². The van der Waals surface area contributed by atoms with Crippen molar-refractivity contribution in [3.8, 4) is 0 Å². The number of aryl methyl sites for hydroxylation is 4. The highest BCUT2D eigenvalue weighted by atomic mass is 14.7. The summed E-state index contributed by atoms with van der Waals surface area (Å²) in [4.78, 5) is 4.96. The molecular formula is C21H25N. The molecule has 3 aromatic rings. The van der Waals surface area contributed by atoms with E-state index in [1.54, 1.807) is 0 Å². The molecule has 22 heavy (non-hydrogen) atoms. The van der Waals surface area contributed by atoms with Crippen molar-refractivity contribution in [3.05, 3.63) is 52.1 Å². The zero-order valence-electron chi connectivity index (χ0n) is 14.8. The topological polar surface area (TPSA) is 12.9 Å². The molecule has 3 rings (SSSR count). The maximum Gasteiger partial charge on any atom is 0.0715 e. The van der Waals surface area contributed by atoms with Crippen molar-refractivity contribution in [2.75, 3.05) is 0 Å². The van der Waals surface area contributed by atoms with Crippen LogP contribution in [0.2, 0.25) is 0 Å². The van der Waals surface area contributed by atoms with Gasteiger partial charge >= 0.3 is 0 Å². The van der Waals surface area contributed by atoms with Gasteiger partial charge in [-0.05, 0) is 79.1 Å². The van der Waals surface area contributed by atoms with Gasteiger partial charge in [-0.25, -0.2) is 4.98 Å². The Kier molecular flexibility index (Phi) is 3.28. The molecule has 0 bridgehead atoms. The van der Waals surface area contributed by atoms with E-state index in [0.29, 0.717) is 0 Å². The molecule has 114 valence electrons. The Morgan fingerprint density at radius 3 is 2.05 bits per heavy atom. The van der Waals surface area contributed by atoms with Crippen molar-refractivity contribution in [3.63, 3.8) is 0 Å². The number of benzene rings is 2. The van der Waals surface area contributed by atoms with Crippen molar-refractivity contribution < 1.29 is 0 Å². The lowest BCUT2D eigenvalue weighted by atomic mass is 9.80. The minimum absolute atomic E-state index is 0.0830. The molecule has 0 fully saturated rings. The van der Waals surface area contributed by atoms with Gasteiger partial charge in [-0.3, -0.25) is 0 Å². The van der Waals surface area contributed by atoms with Crippen LogP contribution >= 0.6 is 0 Å². The summed E-state index contributed by atoms with van der Waals surface area (Å²) in [5.41, 5.74) is 9.08. The summed E-state index contributed by atoms with van der Waals surface area (Å²) in [6.45, 7) is 15.7. The largest absolute Gasteiger partial charge is 0.248 e. The van der Waals surface area contributed by atoms with Crippen LogP contribution in [0, 0.1) is 27.7 Å². The summed E-state index contributed by atoms with van der Waals surface area (Å²) in [6.07, 6.45) is 0. The van der Waals surface area contributed by atoms with Gasteiger partial charge in [-0.15, -0.1) is 0 Å². The standard InChI is InChI=1S/C21H25N/c1-12-8-9-17-19(15(12)4)20(21(5,6)7)16-10-13(2)14(3)11-18(16)22-17/h8-11H,1-7H3. The second kappa shape index (κ2) is 4.81. The van der Waals surface area contributed by atoms with Crippen LogP contribution in [-0.2, 0) is 5.41 Å². The molecule has 2 aromatic carbocycles. The van der Waals surface area contributed by atoms with Crippen LogP contribution in [0.15, 0.2) is 24.3 Å². The highest BCUT2D eigenvalue weighted by molar-refractivity contribution is 6.00. The normalized spacial score (nSPS) is 12.3. The number of hydrogen-bond donors (Lipinski definition) is 0. The molecule has 0 N–H and O–H groups in total. The first kappa shape index (κ1) is 15.0. The Balaban J connectivity index is 2.64. The molecule has 1 nitrogen and oxygen atoms in total. The van der Waals surface area contributed by atoms with Gasteiger partial charge < -0.3 is 0 Å². The minimum Gasteiger partial charge on any atom is -0.248 e. The third-order valence-corrected chi connectivity index (χ3v) is 4.84. The second-order valence-corrected chi connectivity index (χ2v) is 7.59. The smallest absolute Gasteiger partial charge is 0.0715 e. The molecule has 0 saturated heterocycles. The van der Waals surface area contributed by atoms with Crippen LogP contribution in [0.25, 0.3) is 21.8 Å². The molecule has 1 heteroatoms. The minimum atomic E-state index is 0.0830. The van der Waals surface area contributed by atoms with Crippen molar-refractivity contribution in [1.29, 1.82) is 0 Å². The van der Waals surface area contributed by atoms with Crippen LogP contribution in [0.3, 0.4) is 0 Å². The van der Waals surface area contributed by atoms with Gasteiger partial charge in [0, 0.05) is 10.8 Å². The van der Waals surface area contributed by atoms with Gasteiger partial charge in [0.05, 0.1) is 11.0 Å². The van der Waals surface area contributed by atoms with E-state index in [9.17, 15) is 0 Å². The SMILES string of the molecule is Cc1cc2nc3ccc(C)c(C)c3c(C(C)(C)C)c2cc1C. The number of pyridine rings is 1. The summed E-state index contributed by atoms with van der Waals surface area (Å²) >= 11 is 0. The van der Waals surface area contributed by atoms with Gasteiger partial charge in [0.25, 0.3) is 0 Å². The molecule has 0 radical (unpaired) electrons. The van der Waals surface area contributed by atoms with Crippen molar-refractivity contribution in [2.45, 2.75) is 53.9 Å². The Labute approximate surface area is 133 Å². The second-order valence-electron chi connectivity index (χ2n) is 7.59. The lowest BCUT2D eigenvalue weighted by Crippen LogP contribution is -2.14. The first-order valence-electron chi connectivity index (χ1n) is 8.01. The summed E-state index contributed by atoms with van der Waals surface area (Å²) in [5.74, 6) is 0. The average Bonchev–Trinajstić information content (AvgIpc) is 2.41. The van der Waals surface area contributed by atoms with Gasteiger partial charge in [-0.1, -0.05) is 26.8 Å². The average molecular weight is 291 g/mol. The van der Waals surface area contributed by atoms with E-state index in [-0.39, 0.29) is 5.41 Å².